The molecule has 1 aromatic heterocycles. The number of ketones is 1. The molecule has 0 saturated heterocycles. The zero-order valence-corrected chi connectivity index (χ0v) is 17.2. The molecule has 0 saturated carbocycles. The first kappa shape index (κ1) is 19.8. The van der Waals surface area contributed by atoms with E-state index in [1.165, 1.54) is 0 Å². The number of hydrogen-bond donors (Lipinski definition) is 1. The lowest BCUT2D eigenvalue weighted by molar-refractivity contribution is -0.116. The van der Waals surface area contributed by atoms with Crippen LogP contribution in [-0.4, -0.2) is 36.5 Å². The minimum absolute atomic E-state index is 0.0137. The average Bonchev–Trinajstić information content (AvgIpc) is 2.74. The van der Waals surface area contributed by atoms with Crippen LogP contribution >= 0.6 is 15.9 Å². The van der Waals surface area contributed by atoms with Gasteiger partial charge in [0.15, 0.2) is 17.3 Å². The van der Waals surface area contributed by atoms with Gasteiger partial charge in [0.25, 0.3) is 0 Å². The van der Waals surface area contributed by atoms with Crippen molar-refractivity contribution >= 4 is 27.5 Å². The molecule has 0 atom stereocenters. The predicted molar refractivity (Wildman–Crippen MR) is 112 cm³/mol. The maximum absolute atomic E-state index is 12.4. The van der Waals surface area contributed by atoms with Gasteiger partial charge < -0.3 is 14.8 Å². The van der Waals surface area contributed by atoms with Crippen LogP contribution in [0, 0.1) is 0 Å². The SMILES string of the molecule is COc1cc(Br)c(CC(=O)CNc2cncc(-c3ccccc3)n2)cc1OC. The van der Waals surface area contributed by atoms with Gasteiger partial charge in [0, 0.05) is 16.5 Å². The summed E-state index contributed by atoms with van der Waals surface area (Å²) in [5.41, 5.74) is 2.55. The molecule has 2 aromatic carbocycles. The van der Waals surface area contributed by atoms with Crippen LogP contribution in [0.15, 0.2) is 59.3 Å². The number of rotatable bonds is 8. The van der Waals surface area contributed by atoms with E-state index in [0.29, 0.717) is 17.3 Å². The van der Waals surface area contributed by atoms with Crippen molar-refractivity contribution in [3.63, 3.8) is 0 Å². The van der Waals surface area contributed by atoms with Crippen molar-refractivity contribution in [2.45, 2.75) is 6.42 Å². The fourth-order valence-electron chi connectivity index (χ4n) is 2.69. The summed E-state index contributed by atoms with van der Waals surface area (Å²) >= 11 is 3.48. The standard InChI is InChI=1S/C21H20BrN3O3/c1-27-19-9-15(17(22)10-20(19)28-2)8-16(26)11-24-21-13-23-12-18(25-21)14-6-4-3-5-7-14/h3-7,9-10,12-13H,8,11H2,1-2H3,(H,24,25). The van der Waals surface area contributed by atoms with Crippen LogP contribution in [0.2, 0.25) is 0 Å². The molecule has 3 aromatic rings. The quantitative estimate of drug-likeness (QED) is 0.565. The summed E-state index contributed by atoms with van der Waals surface area (Å²) in [4.78, 5) is 21.2. The first-order chi connectivity index (χ1) is 13.6. The van der Waals surface area contributed by atoms with E-state index in [1.807, 2.05) is 30.3 Å². The molecule has 0 aliphatic rings. The summed E-state index contributed by atoms with van der Waals surface area (Å²) in [6.07, 6.45) is 3.55. The molecular formula is C21H20BrN3O3. The molecule has 0 aliphatic carbocycles. The molecule has 0 bridgehead atoms. The Morgan fingerprint density at radius 3 is 2.50 bits per heavy atom. The van der Waals surface area contributed by atoms with Crippen molar-refractivity contribution in [3.8, 4) is 22.8 Å². The number of carbonyl (C=O) groups is 1. The fourth-order valence-corrected chi connectivity index (χ4v) is 3.16. The number of benzene rings is 2. The largest absolute Gasteiger partial charge is 0.493 e. The second kappa shape index (κ2) is 9.32. The Balaban J connectivity index is 1.65. The Morgan fingerprint density at radius 1 is 1.07 bits per heavy atom. The van der Waals surface area contributed by atoms with E-state index >= 15 is 0 Å². The number of nitrogens with zero attached hydrogens (tertiary/aromatic N) is 2. The summed E-state index contributed by atoms with van der Waals surface area (Å²) in [5.74, 6) is 1.76. The van der Waals surface area contributed by atoms with Gasteiger partial charge in [-0.15, -0.1) is 0 Å². The third kappa shape index (κ3) is 4.86. The van der Waals surface area contributed by atoms with Crippen LogP contribution in [0.25, 0.3) is 11.3 Å². The van der Waals surface area contributed by atoms with Crippen LogP contribution in [0.3, 0.4) is 0 Å². The molecule has 28 heavy (non-hydrogen) atoms. The number of nitrogens with one attached hydrogen (secondary N) is 1. The third-order valence-corrected chi connectivity index (χ3v) is 4.85. The zero-order chi connectivity index (χ0) is 19.9. The molecule has 0 radical (unpaired) electrons. The molecule has 144 valence electrons. The minimum atomic E-state index is 0.0137. The number of anilines is 1. The van der Waals surface area contributed by atoms with Crippen LogP contribution in [0.5, 0.6) is 11.5 Å². The Kier molecular flexibility index (Phi) is 6.60. The highest BCUT2D eigenvalue weighted by Crippen LogP contribution is 2.33. The summed E-state index contributed by atoms with van der Waals surface area (Å²) in [7, 11) is 3.14. The van der Waals surface area contributed by atoms with E-state index in [0.717, 1.165) is 21.3 Å². The van der Waals surface area contributed by atoms with Crippen molar-refractivity contribution in [2.75, 3.05) is 26.1 Å². The second-order valence-electron chi connectivity index (χ2n) is 6.02. The van der Waals surface area contributed by atoms with Gasteiger partial charge in [-0.1, -0.05) is 46.3 Å². The lowest BCUT2D eigenvalue weighted by atomic mass is 10.1. The molecule has 0 spiro atoms. The number of hydrogen-bond acceptors (Lipinski definition) is 6. The second-order valence-corrected chi connectivity index (χ2v) is 6.88. The molecule has 7 heteroatoms. The first-order valence-corrected chi connectivity index (χ1v) is 9.43. The number of ether oxygens (including phenoxy) is 2. The van der Waals surface area contributed by atoms with Gasteiger partial charge in [0.1, 0.15) is 5.82 Å². The van der Waals surface area contributed by atoms with Gasteiger partial charge in [-0.3, -0.25) is 9.78 Å². The van der Waals surface area contributed by atoms with Crippen molar-refractivity contribution < 1.29 is 14.3 Å². The minimum Gasteiger partial charge on any atom is -0.493 e. The van der Waals surface area contributed by atoms with Crippen LogP contribution in [0.4, 0.5) is 5.82 Å². The summed E-state index contributed by atoms with van der Waals surface area (Å²) in [6.45, 7) is 0.147. The highest BCUT2D eigenvalue weighted by atomic mass is 79.9. The molecule has 3 rings (SSSR count). The number of halogens is 1. The van der Waals surface area contributed by atoms with Crippen molar-refractivity contribution in [3.05, 3.63) is 64.9 Å². The average molecular weight is 442 g/mol. The Bertz CT molecular complexity index is 964. The maximum Gasteiger partial charge on any atom is 0.161 e. The van der Waals surface area contributed by atoms with Gasteiger partial charge in [-0.25, -0.2) is 4.98 Å². The van der Waals surface area contributed by atoms with Crippen molar-refractivity contribution in [1.29, 1.82) is 0 Å². The number of Topliss-reactive ketones (excluding diaryl/α,β-unsaturated/α-hetero) is 1. The summed E-state index contributed by atoms with van der Waals surface area (Å²) in [6, 6.07) is 13.4. The lowest BCUT2D eigenvalue weighted by Gasteiger charge is -2.12. The summed E-state index contributed by atoms with van der Waals surface area (Å²) < 4.78 is 11.4. The summed E-state index contributed by atoms with van der Waals surface area (Å²) in [5, 5.41) is 3.05. The van der Waals surface area contributed by atoms with Crippen LogP contribution in [0.1, 0.15) is 5.56 Å². The molecule has 1 N–H and O–H groups in total. The molecule has 0 aliphatic heterocycles. The van der Waals surface area contributed by atoms with Crippen molar-refractivity contribution in [2.24, 2.45) is 0 Å². The zero-order valence-electron chi connectivity index (χ0n) is 15.6. The predicted octanol–water partition coefficient (Wildman–Crippen LogP) is 4.15. The molecule has 0 unspecified atom stereocenters. The highest BCUT2D eigenvalue weighted by molar-refractivity contribution is 9.10. The molecule has 0 fully saturated rings. The number of carbonyl (C=O) groups excluding carboxylic acids is 1. The van der Waals surface area contributed by atoms with Gasteiger partial charge >= 0.3 is 0 Å². The Labute approximate surface area is 172 Å². The van der Waals surface area contributed by atoms with Crippen LogP contribution in [-0.2, 0) is 11.2 Å². The van der Waals surface area contributed by atoms with Gasteiger partial charge in [-0.05, 0) is 17.7 Å². The maximum atomic E-state index is 12.4. The number of methoxy groups -OCH3 is 2. The van der Waals surface area contributed by atoms with Gasteiger partial charge in [0.2, 0.25) is 0 Å². The van der Waals surface area contributed by atoms with E-state index in [2.05, 4.69) is 31.2 Å². The monoisotopic (exact) mass is 441 g/mol. The van der Waals surface area contributed by atoms with Crippen molar-refractivity contribution in [1.82, 2.24) is 9.97 Å². The molecule has 1 heterocycles. The number of aromatic nitrogens is 2. The smallest absolute Gasteiger partial charge is 0.161 e. The molecule has 6 nitrogen and oxygen atoms in total. The molecular weight excluding hydrogens is 422 g/mol. The van der Waals surface area contributed by atoms with E-state index in [-0.39, 0.29) is 18.7 Å². The van der Waals surface area contributed by atoms with E-state index in [1.54, 1.807) is 38.7 Å². The molecule has 0 amide bonds. The third-order valence-electron chi connectivity index (χ3n) is 4.11. The Morgan fingerprint density at radius 2 is 1.79 bits per heavy atom. The highest BCUT2D eigenvalue weighted by Gasteiger charge is 2.13. The lowest BCUT2D eigenvalue weighted by Crippen LogP contribution is -2.17. The van der Waals surface area contributed by atoms with E-state index in [9.17, 15) is 4.79 Å². The van der Waals surface area contributed by atoms with Gasteiger partial charge in [-0.2, -0.15) is 0 Å². The first-order valence-electron chi connectivity index (χ1n) is 8.64. The Hall–Kier alpha value is -2.93. The topological polar surface area (TPSA) is 73.3 Å². The fraction of sp³-hybridized carbons (Fsp3) is 0.190. The van der Waals surface area contributed by atoms with Crippen LogP contribution < -0.4 is 14.8 Å². The normalized spacial score (nSPS) is 10.4. The van der Waals surface area contributed by atoms with E-state index < -0.39 is 0 Å². The van der Waals surface area contributed by atoms with E-state index in [4.69, 9.17) is 9.47 Å². The van der Waals surface area contributed by atoms with Gasteiger partial charge in [0.05, 0.1) is 38.9 Å².